The third-order valence-electron chi connectivity index (χ3n) is 7.18. The van der Waals surface area contributed by atoms with E-state index in [2.05, 4.69) is 5.32 Å². The first-order valence-electron chi connectivity index (χ1n) is 14.1. The number of nitrogens with zero attached hydrogens (tertiary/aromatic N) is 3. The minimum atomic E-state index is -4.30. The van der Waals surface area contributed by atoms with Gasteiger partial charge in [0, 0.05) is 31.6 Å². The number of sulfonamides is 1. The molecule has 0 aliphatic heterocycles. The van der Waals surface area contributed by atoms with E-state index in [0.717, 1.165) is 21.0 Å². The maximum Gasteiger partial charge on any atom is 0.269 e. The molecule has 0 radical (unpaired) electrons. The lowest BCUT2D eigenvalue weighted by Crippen LogP contribution is -2.53. The van der Waals surface area contributed by atoms with E-state index in [1.54, 1.807) is 25.1 Å². The van der Waals surface area contributed by atoms with E-state index in [4.69, 9.17) is 0 Å². The van der Waals surface area contributed by atoms with Gasteiger partial charge in [-0.15, -0.1) is 0 Å². The summed E-state index contributed by atoms with van der Waals surface area (Å²) in [6.45, 7) is 3.44. The van der Waals surface area contributed by atoms with E-state index in [1.807, 2.05) is 61.5 Å². The maximum absolute atomic E-state index is 14.4. The zero-order chi connectivity index (χ0) is 31.7. The van der Waals surface area contributed by atoms with Gasteiger partial charge in [-0.25, -0.2) is 8.42 Å². The van der Waals surface area contributed by atoms with Crippen LogP contribution in [0, 0.1) is 17.0 Å². The van der Waals surface area contributed by atoms with E-state index in [0.29, 0.717) is 6.54 Å². The van der Waals surface area contributed by atoms with Crippen LogP contribution in [0.5, 0.6) is 0 Å². The highest BCUT2D eigenvalue weighted by Gasteiger charge is 2.34. The van der Waals surface area contributed by atoms with Gasteiger partial charge in [0.25, 0.3) is 15.7 Å². The molecule has 1 atom stereocenters. The summed E-state index contributed by atoms with van der Waals surface area (Å²) >= 11 is 0. The molecule has 4 aromatic rings. The third-order valence-corrected chi connectivity index (χ3v) is 8.97. The summed E-state index contributed by atoms with van der Waals surface area (Å²) in [5.74, 6) is -0.982. The van der Waals surface area contributed by atoms with Crippen molar-refractivity contribution in [2.45, 2.75) is 37.8 Å². The summed E-state index contributed by atoms with van der Waals surface area (Å²) in [5, 5.41) is 14.1. The number of non-ortho nitro benzene ring substituents is 1. The Hall–Kier alpha value is -5.03. The average molecular weight is 615 g/mol. The Morgan fingerprint density at radius 1 is 0.864 bits per heavy atom. The second-order valence-corrected chi connectivity index (χ2v) is 12.0. The number of nitro groups is 1. The van der Waals surface area contributed by atoms with Gasteiger partial charge in [-0.05, 0) is 54.8 Å². The van der Waals surface area contributed by atoms with Gasteiger partial charge in [-0.3, -0.25) is 24.0 Å². The second kappa shape index (κ2) is 14.4. The van der Waals surface area contributed by atoms with Crippen molar-refractivity contribution in [2.24, 2.45) is 0 Å². The van der Waals surface area contributed by atoms with Crippen LogP contribution in [0.15, 0.2) is 114 Å². The Balaban J connectivity index is 1.81. The summed E-state index contributed by atoms with van der Waals surface area (Å²) < 4.78 is 28.8. The molecule has 0 saturated heterocycles. The van der Waals surface area contributed by atoms with E-state index >= 15 is 0 Å². The fourth-order valence-electron chi connectivity index (χ4n) is 4.81. The van der Waals surface area contributed by atoms with Gasteiger partial charge in [0.1, 0.15) is 12.6 Å². The number of benzene rings is 4. The van der Waals surface area contributed by atoms with Crippen LogP contribution >= 0.6 is 0 Å². The van der Waals surface area contributed by atoms with E-state index in [9.17, 15) is 28.1 Å². The number of amides is 2. The lowest BCUT2D eigenvalue weighted by atomic mass is 10.0. The van der Waals surface area contributed by atoms with Crippen LogP contribution in [0.4, 0.5) is 11.4 Å². The van der Waals surface area contributed by atoms with E-state index in [1.165, 1.54) is 41.3 Å². The minimum Gasteiger partial charge on any atom is -0.355 e. The number of hydrogen-bond donors (Lipinski definition) is 1. The SMILES string of the molecule is CCNC(=O)[C@@H](Cc1ccccc1)N(Cc1ccccc1C)C(=O)CN(c1ccc([N+](=O)[O-])cc1)S(=O)(=O)c1ccccc1. The molecule has 1 N–H and O–H groups in total. The molecular weight excluding hydrogens is 580 g/mol. The van der Waals surface area contributed by atoms with Crippen LogP contribution in [0.25, 0.3) is 0 Å². The molecule has 2 amide bonds. The number of rotatable bonds is 13. The predicted octanol–water partition coefficient (Wildman–Crippen LogP) is 4.87. The summed E-state index contributed by atoms with van der Waals surface area (Å²) in [6, 6.07) is 28.4. The van der Waals surface area contributed by atoms with Gasteiger partial charge in [0.2, 0.25) is 11.8 Å². The monoisotopic (exact) mass is 614 g/mol. The molecule has 0 aliphatic carbocycles. The molecule has 0 fully saturated rings. The number of anilines is 1. The number of hydrogen-bond acceptors (Lipinski definition) is 6. The first kappa shape index (κ1) is 31.9. The molecule has 4 rings (SSSR count). The van der Waals surface area contributed by atoms with Crippen molar-refractivity contribution < 1.29 is 22.9 Å². The quantitative estimate of drug-likeness (QED) is 0.169. The Morgan fingerprint density at radius 2 is 1.45 bits per heavy atom. The molecule has 0 heterocycles. The Kier molecular flexibility index (Phi) is 10.5. The van der Waals surface area contributed by atoms with Crippen LogP contribution in [0.1, 0.15) is 23.6 Å². The Morgan fingerprint density at radius 3 is 2.05 bits per heavy atom. The molecule has 0 spiro atoms. The van der Waals surface area contributed by atoms with Crippen LogP contribution in [-0.4, -0.2) is 49.2 Å². The van der Waals surface area contributed by atoms with Gasteiger partial charge in [-0.1, -0.05) is 72.8 Å². The normalized spacial score (nSPS) is 11.8. The number of likely N-dealkylation sites (N-methyl/N-ethyl adjacent to an activating group) is 1. The lowest BCUT2D eigenvalue weighted by Gasteiger charge is -2.34. The molecule has 0 saturated carbocycles. The maximum atomic E-state index is 14.4. The van der Waals surface area contributed by atoms with Crippen molar-refractivity contribution in [3.8, 4) is 0 Å². The molecule has 228 valence electrons. The zero-order valence-electron chi connectivity index (χ0n) is 24.5. The van der Waals surface area contributed by atoms with Crippen LogP contribution in [-0.2, 0) is 32.6 Å². The summed E-state index contributed by atoms with van der Waals surface area (Å²) in [6.07, 6.45) is 0.202. The number of carbonyl (C=O) groups excluding carboxylic acids is 2. The highest BCUT2D eigenvalue weighted by atomic mass is 32.2. The van der Waals surface area contributed by atoms with E-state index in [-0.39, 0.29) is 35.1 Å². The number of carbonyl (C=O) groups is 2. The number of nitrogens with one attached hydrogen (secondary N) is 1. The molecule has 10 nitrogen and oxygen atoms in total. The summed E-state index contributed by atoms with van der Waals surface area (Å²) in [7, 11) is -4.30. The highest BCUT2D eigenvalue weighted by Crippen LogP contribution is 2.27. The Labute approximate surface area is 257 Å². The standard InChI is InChI=1S/C33H34N4O6S/c1-3-34-33(39)31(22-26-13-6-4-7-14-26)35(23-27-15-11-10-12-25(27)2)32(38)24-36(28-18-20-29(21-19-28)37(40)41)44(42,43)30-16-8-5-9-17-30/h4-21,31H,3,22-24H2,1-2H3,(H,34,39)/t31-/m1/s1. The molecule has 0 aliphatic rings. The van der Waals surface area contributed by atoms with Crippen molar-refractivity contribution in [2.75, 3.05) is 17.4 Å². The largest absolute Gasteiger partial charge is 0.355 e. The fourth-order valence-corrected chi connectivity index (χ4v) is 6.24. The smallest absolute Gasteiger partial charge is 0.269 e. The fraction of sp³-hybridized carbons (Fsp3) is 0.212. The van der Waals surface area contributed by atoms with Crippen molar-refractivity contribution in [3.63, 3.8) is 0 Å². The molecule has 0 bridgehead atoms. The predicted molar refractivity (Wildman–Crippen MR) is 168 cm³/mol. The molecule has 11 heteroatoms. The van der Waals surface area contributed by atoms with Crippen molar-refractivity contribution in [1.29, 1.82) is 0 Å². The van der Waals surface area contributed by atoms with E-state index < -0.39 is 33.4 Å². The van der Waals surface area contributed by atoms with Crippen LogP contribution < -0.4 is 9.62 Å². The zero-order valence-corrected chi connectivity index (χ0v) is 25.3. The topological polar surface area (TPSA) is 130 Å². The molecule has 0 aromatic heterocycles. The van der Waals surface area contributed by atoms with Crippen molar-refractivity contribution in [1.82, 2.24) is 10.2 Å². The lowest BCUT2D eigenvalue weighted by molar-refractivity contribution is -0.384. The number of nitro benzene ring substituents is 1. The second-order valence-electron chi connectivity index (χ2n) is 10.1. The van der Waals surface area contributed by atoms with Crippen molar-refractivity contribution >= 4 is 33.2 Å². The van der Waals surface area contributed by atoms with Crippen LogP contribution in [0.3, 0.4) is 0 Å². The third kappa shape index (κ3) is 7.67. The molecular formula is C33H34N4O6S. The molecule has 44 heavy (non-hydrogen) atoms. The van der Waals surface area contributed by atoms with Gasteiger partial charge in [0.15, 0.2) is 0 Å². The molecule has 4 aromatic carbocycles. The Bertz CT molecular complexity index is 1700. The molecule has 0 unspecified atom stereocenters. The average Bonchev–Trinajstić information content (AvgIpc) is 3.03. The van der Waals surface area contributed by atoms with Gasteiger partial charge in [-0.2, -0.15) is 0 Å². The minimum absolute atomic E-state index is 0.0545. The van der Waals surface area contributed by atoms with Gasteiger partial charge < -0.3 is 10.2 Å². The van der Waals surface area contributed by atoms with Crippen molar-refractivity contribution in [3.05, 3.63) is 136 Å². The first-order chi connectivity index (χ1) is 21.1. The van der Waals surface area contributed by atoms with Gasteiger partial charge >= 0.3 is 0 Å². The van der Waals surface area contributed by atoms with Crippen LogP contribution in [0.2, 0.25) is 0 Å². The summed E-state index contributed by atoms with van der Waals surface area (Å²) in [5.41, 5.74) is 2.38. The summed E-state index contributed by atoms with van der Waals surface area (Å²) in [4.78, 5) is 40.0. The first-order valence-corrected chi connectivity index (χ1v) is 15.5. The highest BCUT2D eigenvalue weighted by molar-refractivity contribution is 7.92. The number of aryl methyl sites for hydroxylation is 1. The van der Waals surface area contributed by atoms with Gasteiger partial charge in [0.05, 0.1) is 15.5 Å².